The topological polar surface area (TPSA) is 59.6 Å². The Labute approximate surface area is 133 Å². The summed E-state index contributed by atoms with van der Waals surface area (Å²) in [6.45, 7) is 0. The molecule has 0 fully saturated rings. The Balaban J connectivity index is 3.30. The number of alkyl halides is 6. The van der Waals surface area contributed by atoms with Crippen molar-refractivity contribution in [3.63, 3.8) is 0 Å². The fraction of sp³-hybridized carbons (Fsp3) is 0.200. The van der Waals surface area contributed by atoms with Gasteiger partial charge in [0.15, 0.2) is 10.9 Å². The highest BCUT2D eigenvalue weighted by molar-refractivity contribution is 9.10. The van der Waals surface area contributed by atoms with Gasteiger partial charge in [0.1, 0.15) is 0 Å². The van der Waals surface area contributed by atoms with Gasteiger partial charge in [0.05, 0.1) is 16.3 Å². The molecule has 0 saturated heterocycles. The first kappa shape index (κ1) is 18.5. The second-order valence-electron chi connectivity index (χ2n) is 3.66. The van der Waals surface area contributed by atoms with E-state index in [0.717, 1.165) is 12.3 Å². The van der Waals surface area contributed by atoms with Gasteiger partial charge in [-0.1, -0.05) is 0 Å². The number of nitrogens with one attached hydrogen (secondary N) is 1. The number of nitrogens with zero attached hydrogens (tertiary/aromatic N) is 1. The number of nitrogens with two attached hydrogens (primary N) is 1. The number of hydrogen-bond acceptors (Lipinski definition) is 3. The van der Waals surface area contributed by atoms with Crippen molar-refractivity contribution in [1.29, 1.82) is 0 Å². The molecule has 3 N–H and O–H groups in total. The zero-order chi connectivity index (χ0) is 17.1. The summed E-state index contributed by atoms with van der Waals surface area (Å²) < 4.78 is 78.1. The van der Waals surface area contributed by atoms with Crippen LogP contribution in [0.1, 0.15) is 11.1 Å². The molecule has 122 valence electrons. The second-order valence-corrected chi connectivity index (χ2v) is 4.95. The minimum atomic E-state index is -5.27. The van der Waals surface area contributed by atoms with Crippen LogP contribution in [-0.4, -0.2) is 17.7 Å². The Morgan fingerprint density at radius 2 is 1.86 bits per heavy atom. The van der Waals surface area contributed by atoms with Gasteiger partial charge in [0, 0.05) is 0 Å². The molecule has 4 nitrogen and oxygen atoms in total. The van der Waals surface area contributed by atoms with Crippen LogP contribution in [0, 0.1) is 0 Å². The number of benzene rings is 1. The highest BCUT2D eigenvalue weighted by atomic mass is 79.9. The van der Waals surface area contributed by atoms with Gasteiger partial charge < -0.3 is 10.5 Å². The molecule has 0 amide bonds. The molecule has 1 aromatic rings. The van der Waals surface area contributed by atoms with E-state index in [1.54, 1.807) is 0 Å². The summed E-state index contributed by atoms with van der Waals surface area (Å²) in [5.41, 5.74) is 5.38. The summed E-state index contributed by atoms with van der Waals surface area (Å²) in [6, 6.07) is 1.40. The zero-order valence-corrected chi connectivity index (χ0v) is 12.6. The van der Waals surface area contributed by atoms with E-state index in [4.69, 9.17) is 5.73 Å². The molecule has 0 unspecified atom stereocenters. The van der Waals surface area contributed by atoms with E-state index in [0.29, 0.717) is 6.07 Å². The summed E-state index contributed by atoms with van der Waals surface area (Å²) in [7, 11) is 0. The normalized spacial score (nSPS) is 12.5. The fourth-order valence-electron chi connectivity index (χ4n) is 1.29. The minimum absolute atomic E-state index is 0.155. The molecule has 0 aliphatic rings. The van der Waals surface area contributed by atoms with Crippen LogP contribution in [0.3, 0.4) is 0 Å². The second kappa shape index (κ2) is 6.69. The van der Waals surface area contributed by atoms with Gasteiger partial charge in [-0.2, -0.15) is 18.3 Å². The molecule has 0 heterocycles. The molecule has 0 radical (unpaired) electrons. The fourth-order valence-corrected chi connectivity index (χ4v) is 1.90. The highest BCUT2D eigenvalue weighted by Gasteiger charge is 2.40. The smallest absolute Gasteiger partial charge is 0.404 e. The summed E-state index contributed by atoms with van der Waals surface area (Å²) in [5, 5.41) is 3.18. The van der Waals surface area contributed by atoms with E-state index in [-0.39, 0.29) is 10.7 Å². The maximum atomic E-state index is 12.9. The van der Waals surface area contributed by atoms with Crippen LogP contribution in [-0.2, 0) is 6.18 Å². The molecule has 1 rings (SSSR count). The Morgan fingerprint density at radius 3 is 2.32 bits per heavy atom. The number of hydrazone groups is 1. The minimum Gasteiger partial charge on any atom is -0.404 e. The van der Waals surface area contributed by atoms with E-state index in [9.17, 15) is 26.3 Å². The first-order chi connectivity index (χ1) is 9.90. The Bertz CT molecular complexity index is 602. The number of thiocarbonyl (C=S) groups is 1. The van der Waals surface area contributed by atoms with Gasteiger partial charge in [-0.15, -0.1) is 13.2 Å². The average molecular weight is 410 g/mol. The Morgan fingerprint density at radius 1 is 1.27 bits per heavy atom. The molecular formula is C10H6BrF6N3OS. The first-order valence-electron chi connectivity index (χ1n) is 5.15. The lowest BCUT2D eigenvalue weighted by molar-refractivity contribution is -0.276. The maximum absolute atomic E-state index is 12.9. The summed E-state index contributed by atoms with van der Waals surface area (Å²) in [6.07, 6.45) is -9.44. The molecule has 1 aromatic carbocycles. The van der Waals surface area contributed by atoms with E-state index in [1.807, 2.05) is 0 Å². The summed E-state index contributed by atoms with van der Waals surface area (Å²) in [4.78, 5) is 0. The van der Waals surface area contributed by atoms with E-state index >= 15 is 0 Å². The van der Waals surface area contributed by atoms with Gasteiger partial charge in [-0.3, -0.25) is 5.43 Å². The lowest BCUT2D eigenvalue weighted by Gasteiger charge is -2.17. The van der Waals surface area contributed by atoms with Crippen LogP contribution in [0.25, 0.3) is 0 Å². The van der Waals surface area contributed by atoms with E-state index in [1.165, 1.54) is 0 Å². The van der Waals surface area contributed by atoms with Gasteiger partial charge in [-0.25, -0.2) is 0 Å². The third-order valence-electron chi connectivity index (χ3n) is 1.98. The molecule has 0 aliphatic heterocycles. The van der Waals surface area contributed by atoms with E-state index in [2.05, 4.69) is 43.4 Å². The van der Waals surface area contributed by atoms with Crippen LogP contribution in [0.4, 0.5) is 26.3 Å². The van der Waals surface area contributed by atoms with Crippen LogP contribution in [0.15, 0.2) is 21.7 Å². The van der Waals surface area contributed by atoms with E-state index < -0.39 is 28.3 Å². The molecule has 0 aliphatic carbocycles. The van der Waals surface area contributed by atoms with Crippen molar-refractivity contribution in [1.82, 2.24) is 5.43 Å². The van der Waals surface area contributed by atoms with Crippen molar-refractivity contribution in [2.75, 3.05) is 0 Å². The molecule has 0 spiro atoms. The summed E-state index contributed by atoms with van der Waals surface area (Å²) in [5.74, 6) is -1.39. The van der Waals surface area contributed by atoms with Crippen LogP contribution in [0.2, 0.25) is 0 Å². The quantitative estimate of drug-likeness (QED) is 0.347. The van der Waals surface area contributed by atoms with Crippen LogP contribution < -0.4 is 15.9 Å². The standard InChI is InChI=1S/C10H6BrF6N3OS/c11-6-2-4(3-19-20-8(18)22)1-5(9(12,13)14)7(6)21-10(15,16)17/h1-3H,(H3,18,20,22). The number of rotatable bonds is 3. The Hall–Kier alpha value is -1.56. The number of hydrogen-bond donors (Lipinski definition) is 2. The maximum Gasteiger partial charge on any atom is 0.573 e. The molecule has 0 saturated carbocycles. The predicted octanol–water partition coefficient (Wildman–Crippen LogP) is 3.53. The highest BCUT2D eigenvalue weighted by Crippen LogP contribution is 2.43. The van der Waals surface area contributed by atoms with Crippen molar-refractivity contribution < 1.29 is 31.1 Å². The number of ether oxygens (including phenoxy) is 1. The zero-order valence-electron chi connectivity index (χ0n) is 10.2. The van der Waals surface area contributed by atoms with Crippen molar-refractivity contribution in [3.05, 3.63) is 27.7 Å². The Kier molecular flexibility index (Phi) is 5.62. The molecule has 0 bridgehead atoms. The van der Waals surface area contributed by atoms with Gasteiger partial charge in [0.25, 0.3) is 0 Å². The molecule has 0 aromatic heterocycles. The molecule has 0 atom stereocenters. The van der Waals surface area contributed by atoms with Gasteiger partial charge in [-0.05, 0) is 45.8 Å². The summed E-state index contributed by atoms with van der Waals surface area (Å²) >= 11 is 7.03. The van der Waals surface area contributed by atoms with Crippen molar-refractivity contribution in [2.45, 2.75) is 12.5 Å². The number of halogens is 7. The van der Waals surface area contributed by atoms with Gasteiger partial charge in [0.2, 0.25) is 0 Å². The van der Waals surface area contributed by atoms with Crippen LogP contribution >= 0.6 is 28.1 Å². The molecule has 12 heteroatoms. The van der Waals surface area contributed by atoms with Gasteiger partial charge >= 0.3 is 12.5 Å². The SMILES string of the molecule is NC(=S)NN=Cc1cc(Br)c(OC(F)(F)F)c(C(F)(F)F)c1. The monoisotopic (exact) mass is 409 g/mol. The van der Waals surface area contributed by atoms with Crippen LogP contribution in [0.5, 0.6) is 5.75 Å². The average Bonchev–Trinajstić information content (AvgIpc) is 2.28. The lowest BCUT2D eigenvalue weighted by atomic mass is 10.1. The third-order valence-corrected chi connectivity index (χ3v) is 2.66. The largest absolute Gasteiger partial charge is 0.573 e. The predicted molar refractivity (Wildman–Crippen MR) is 73.3 cm³/mol. The third kappa shape index (κ3) is 5.67. The molecule has 22 heavy (non-hydrogen) atoms. The molecular weight excluding hydrogens is 404 g/mol. The van der Waals surface area contributed by atoms with Crippen molar-refractivity contribution in [3.8, 4) is 5.75 Å². The lowest BCUT2D eigenvalue weighted by Crippen LogP contribution is -2.24. The van der Waals surface area contributed by atoms with Crippen molar-refractivity contribution in [2.24, 2.45) is 10.8 Å². The van der Waals surface area contributed by atoms with Crippen molar-refractivity contribution >= 4 is 39.5 Å². The first-order valence-corrected chi connectivity index (χ1v) is 6.35.